The summed E-state index contributed by atoms with van der Waals surface area (Å²) >= 11 is 0. The Morgan fingerprint density at radius 2 is 1.94 bits per heavy atom. The Bertz CT molecular complexity index is 307. The number of benzene rings is 1. The lowest BCUT2D eigenvalue weighted by Crippen LogP contribution is -2.24. The van der Waals surface area contributed by atoms with Gasteiger partial charge in [0.15, 0.2) is 0 Å². The quantitative estimate of drug-likeness (QED) is 0.852. The monoisotopic (exact) mass is 236 g/mol. The maximum Gasteiger partial charge on any atom is 0.0812 e. The first kappa shape index (κ1) is 12.6. The van der Waals surface area contributed by atoms with E-state index in [0.717, 1.165) is 31.6 Å². The van der Waals surface area contributed by atoms with Crippen molar-refractivity contribution in [3.8, 4) is 0 Å². The summed E-state index contributed by atoms with van der Waals surface area (Å²) in [6.45, 7) is 2.21. The summed E-state index contributed by atoms with van der Waals surface area (Å²) in [4.78, 5) is 0. The Morgan fingerprint density at radius 1 is 1.24 bits per heavy atom. The highest BCUT2D eigenvalue weighted by Gasteiger charge is 2.14. The van der Waals surface area contributed by atoms with Crippen LogP contribution in [0.4, 0.5) is 0 Å². The smallest absolute Gasteiger partial charge is 0.0812 e. The average Bonchev–Trinajstić information content (AvgIpc) is 2.41. The maximum absolute atomic E-state index is 9.95. The molecule has 0 aliphatic carbocycles. The van der Waals surface area contributed by atoms with Crippen molar-refractivity contribution in [2.75, 3.05) is 19.8 Å². The molecule has 1 aliphatic heterocycles. The van der Waals surface area contributed by atoms with Crippen LogP contribution in [-0.4, -0.2) is 31.0 Å². The average molecular weight is 236 g/mol. The second kappa shape index (κ2) is 6.74. The number of aliphatic hydroxyl groups is 1. The van der Waals surface area contributed by atoms with Crippen molar-refractivity contribution < 1.29 is 14.6 Å². The molecule has 1 aromatic carbocycles. The van der Waals surface area contributed by atoms with Crippen LogP contribution in [0.1, 0.15) is 30.9 Å². The van der Waals surface area contributed by atoms with Gasteiger partial charge in [0.1, 0.15) is 0 Å². The van der Waals surface area contributed by atoms with Gasteiger partial charge in [0.2, 0.25) is 0 Å². The van der Waals surface area contributed by atoms with E-state index in [1.165, 1.54) is 0 Å². The van der Waals surface area contributed by atoms with Crippen LogP contribution in [0, 0.1) is 0 Å². The van der Waals surface area contributed by atoms with Crippen LogP contribution in [0.3, 0.4) is 0 Å². The third-order valence-corrected chi connectivity index (χ3v) is 3.10. The first-order valence-corrected chi connectivity index (χ1v) is 6.28. The summed E-state index contributed by atoms with van der Waals surface area (Å²) in [6, 6.07) is 9.72. The topological polar surface area (TPSA) is 38.7 Å². The summed E-state index contributed by atoms with van der Waals surface area (Å²) in [5.74, 6) is 0. The molecule has 0 radical (unpaired) electrons. The highest BCUT2D eigenvalue weighted by Crippen LogP contribution is 2.17. The van der Waals surface area contributed by atoms with Gasteiger partial charge in [0, 0.05) is 26.2 Å². The van der Waals surface area contributed by atoms with E-state index in [1.54, 1.807) is 0 Å². The van der Waals surface area contributed by atoms with Gasteiger partial charge in [-0.3, -0.25) is 0 Å². The van der Waals surface area contributed by atoms with Crippen LogP contribution in [0.25, 0.3) is 0 Å². The Labute approximate surface area is 102 Å². The van der Waals surface area contributed by atoms with Crippen molar-refractivity contribution in [2.24, 2.45) is 0 Å². The zero-order valence-corrected chi connectivity index (χ0v) is 10.0. The Balaban J connectivity index is 1.67. The lowest BCUT2D eigenvalue weighted by molar-refractivity contribution is -0.0398. The van der Waals surface area contributed by atoms with Gasteiger partial charge >= 0.3 is 0 Å². The Hall–Kier alpha value is -0.900. The van der Waals surface area contributed by atoms with Gasteiger partial charge in [-0.1, -0.05) is 30.3 Å². The van der Waals surface area contributed by atoms with Crippen LogP contribution < -0.4 is 0 Å². The fourth-order valence-electron chi connectivity index (χ4n) is 2.03. The van der Waals surface area contributed by atoms with E-state index < -0.39 is 6.10 Å². The Morgan fingerprint density at radius 3 is 2.65 bits per heavy atom. The molecule has 0 bridgehead atoms. The van der Waals surface area contributed by atoms with Gasteiger partial charge in [-0.2, -0.15) is 0 Å². The van der Waals surface area contributed by atoms with Crippen LogP contribution in [-0.2, 0) is 9.47 Å². The van der Waals surface area contributed by atoms with Crippen molar-refractivity contribution in [1.82, 2.24) is 0 Å². The highest BCUT2D eigenvalue weighted by molar-refractivity contribution is 5.16. The molecular weight excluding hydrogens is 216 g/mol. The van der Waals surface area contributed by atoms with Crippen molar-refractivity contribution >= 4 is 0 Å². The molecule has 1 heterocycles. The normalized spacial score (nSPS) is 19.1. The zero-order chi connectivity index (χ0) is 11.9. The summed E-state index contributed by atoms with van der Waals surface area (Å²) in [5, 5.41) is 9.95. The fraction of sp³-hybridized carbons (Fsp3) is 0.571. The van der Waals surface area contributed by atoms with Gasteiger partial charge in [-0.15, -0.1) is 0 Å². The first-order chi connectivity index (χ1) is 8.36. The van der Waals surface area contributed by atoms with E-state index in [9.17, 15) is 5.11 Å². The summed E-state index contributed by atoms with van der Waals surface area (Å²) < 4.78 is 11.0. The molecule has 1 aliphatic rings. The predicted octanol–water partition coefficient (Wildman–Crippen LogP) is 2.31. The van der Waals surface area contributed by atoms with Crippen LogP contribution in [0.15, 0.2) is 30.3 Å². The molecule has 1 atom stereocenters. The van der Waals surface area contributed by atoms with Crippen molar-refractivity contribution in [2.45, 2.75) is 31.5 Å². The van der Waals surface area contributed by atoms with Crippen molar-refractivity contribution in [3.63, 3.8) is 0 Å². The minimum absolute atomic E-state index is 0.312. The zero-order valence-electron chi connectivity index (χ0n) is 10.0. The third-order valence-electron chi connectivity index (χ3n) is 3.10. The highest BCUT2D eigenvalue weighted by atomic mass is 16.5. The van der Waals surface area contributed by atoms with E-state index in [4.69, 9.17) is 9.47 Å². The number of rotatable bonds is 5. The SMILES string of the molecule is OC(CCOC1CCOCC1)c1ccccc1. The van der Waals surface area contributed by atoms with E-state index in [0.29, 0.717) is 19.1 Å². The molecule has 1 fully saturated rings. The van der Waals surface area contributed by atoms with Gasteiger partial charge in [0.05, 0.1) is 12.2 Å². The molecule has 3 nitrogen and oxygen atoms in total. The molecule has 1 saturated heterocycles. The molecule has 3 heteroatoms. The summed E-state index contributed by atoms with van der Waals surface area (Å²) in [5.41, 5.74) is 0.961. The molecule has 1 aromatic rings. The minimum atomic E-state index is -0.420. The molecule has 0 saturated carbocycles. The van der Waals surface area contributed by atoms with E-state index >= 15 is 0 Å². The standard InChI is InChI=1S/C14H20O3/c15-14(12-4-2-1-3-5-12)8-11-17-13-6-9-16-10-7-13/h1-5,13-15H,6-11H2. The van der Waals surface area contributed by atoms with Gasteiger partial charge in [-0.05, 0) is 18.4 Å². The maximum atomic E-state index is 9.95. The largest absolute Gasteiger partial charge is 0.388 e. The number of hydrogen-bond donors (Lipinski definition) is 1. The van der Waals surface area contributed by atoms with E-state index in [1.807, 2.05) is 30.3 Å². The van der Waals surface area contributed by atoms with E-state index in [2.05, 4.69) is 0 Å². The number of ether oxygens (including phenoxy) is 2. The second-order valence-corrected chi connectivity index (χ2v) is 4.40. The van der Waals surface area contributed by atoms with Crippen LogP contribution >= 0.6 is 0 Å². The molecule has 1 unspecified atom stereocenters. The molecule has 1 N–H and O–H groups in total. The molecule has 17 heavy (non-hydrogen) atoms. The van der Waals surface area contributed by atoms with Crippen molar-refractivity contribution in [1.29, 1.82) is 0 Å². The number of aliphatic hydroxyl groups excluding tert-OH is 1. The minimum Gasteiger partial charge on any atom is -0.388 e. The predicted molar refractivity (Wildman–Crippen MR) is 65.8 cm³/mol. The van der Waals surface area contributed by atoms with Gasteiger partial charge < -0.3 is 14.6 Å². The summed E-state index contributed by atoms with van der Waals surface area (Å²) in [7, 11) is 0. The lowest BCUT2D eigenvalue weighted by atomic mass is 10.1. The number of hydrogen-bond acceptors (Lipinski definition) is 3. The fourth-order valence-corrected chi connectivity index (χ4v) is 2.03. The Kier molecular flexibility index (Phi) is 4.98. The third kappa shape index (κ3) is 4.11. The summed E-state index contributed by atoms with van der Waals surface area (Å²) in [6.07, 6.45) is 2.49. The molecule has 94 valence electrons. The molecule has 2 rings (SSSR count). The second-order valence-electron chi connectivity index (χ2n) is 4.40. The molecule has 0 amide bonds. The van der Waals surface area contributed by atoms with Crippen LogP contribution in [0.2, 0.25) is 0 Å². The molecule has 0 spiro atoms. The lowest BCUT2D eigenvalue weighted by Gasteiger charge is -2.23. The van der Waals surface area contributed by atoms with E-state index in [-0.39, 0.29) is 0 Å². The molecule has 0 aromatic heterocycles. The van der Waals surface area contributed by atoms with Crippen molar-refractivity contribution in [3.05, 3.63) is 35.9 Å². The van der Waals surface area contributed by atoms with Gasteiger partial charge in [0.25, 0.3) is 0 Å². The molecular formula is C14H20O3. The first-order valence-electron chi connectivity index (χ1n) is 6.28. The van der Waals surface area contributed by atoms with Crippen LogP contribution in [0.5, 0.6) is 0 Å². The van der Waals surface area contributed by atoms with Gasteiger partial charge in [-0.25, -0.2) is 0 Å².